The highest BCUT2D eigenvalue weighted by molar-refractivity contribution is 9.11. The summed E-state index contributed by atoms with van der Waals surface area (Å²) in [7, 11) is 0. The molecule has 0 bridgehead atoms. The van der Waals surface area contributed by atoms with Crippen molar-refractivity contribution >= 4 is 49.1 Å². The molecule has 0 fully saturated rings. The summed E-state index contributed by atoms with van der Waals surface area (Å²) in [6.45, 7) is 0. The Hall–Kier alpha value is -0.120. The minimum Gasteiger partial charge on any atom is -0.245 e. The molecule has 56 valence electrons. The summed E-state index contributed by atoms with van der Waals surface area (Å²) in [5, 5.41) is 1.78. The van der Waals surface area contributed by atoms with E-state index in [0.717, 1.165) is 19.0 Å². The van der Waals surface area contributed by atoms with Crippen LogP contribution in [0, 0.1) is 0 Å². The van der Waals surface area contributed by atoms with Crippen LogP contribution in [0.3, 0.4) is 0 Å². The summed E-state index contributed by atoms with van der Waals surface area (Å²) < 4.78 is 1.06. The van der Waals surface area contributed by atoms with Gasteiger partial charge in [0, 0.05) is 11.6 Å². The lowest BCUT2D eigenvalue weighted by molar-refractivity contribution is 1.45. The average Bonchev–Trinajstić information content (AvgIpc) is 2.31. The van der Waals surface area contributed by atoms with Gasteiger partial charge in [0.05, 0.1) is 8.81 Å². The molecular formula is C7H3BrClNS. The van der Waals surface area contributed by atoms with E-state index in [2.05, 4.69) is 20.9 Å². The van der Waals surface area contributed by atoms with Crippen molar-refractivity contribution < 1.29 is 0 Å². The van der Waals surface area contributed by atoms with Crippen molar-refractivity contribution in [1.29, 1.82) is 0 Å². The third kappa shape index (κ3) is 1.28. The normalized spacial score (nSPS) is 10.7. The first-order valence-corrected chi connectivity index (χ1v) is 4.95. The summed E-state index contributed by atoms with van der Waals surface area (Å²) in [5.41, 5.74) is 0. The topological polar surface area (TPSA) is 12.9 Å². The number of halogens is 2. The first-order chi connectivity index (χ1) is 5.27. The van der Waals surface area contributed by atoms with Crippen molar-refractivity contribution in [2.45, 2.75) is 0 Å². The van der Waals surface area contributed by atoms with Crippen LogP contribution in [0.5, 0.6) is 0 Å². The van der Waals surface area contributed by atoms with Crippen LogP contribution in [0.15, 0.2) is 22.1 Å². The number of aromatic nitrogens is 1. The summed E-state index contributed by atoms with van der Waals surface area (Å²) >= 11 is 10.9. The molecule has 2 rings (SSSR count). The molecule has 0 atom stereocenters. The molecule has 2 heterocycles. The molecule has 0 aliphatic carbocycles. The minimum absolute atomic E-state index is 0.761. The van der Waals surface area contributed by atoms with Gasteiger partial charge in [0.2, 0.25) is 0 Å². The van der Waals surface area contributed by atoms with Crippen molar-refractivity contribution in [3.8, 4) is 0 Å². The van der Waals surface area contributed by atoms with Gasteiger partial charge < -0.3 is 0 Å². The van der Waals surface area contributed by atoms with Crippen LogP contribution >= 0.6 is 38.9 Å². The van der Waals surface area contributed by atoms with Crippen LogP contribution in [0.1, 0.15) is 0 Å². The van der Waals surface area contributed by atoms with Gasteiger partial charge in [0.15, 0.2) is 0 Å². The van der Waals surface area contributed by atoms with Crippen LogP contribution in [0.2, 0.25) is 5.02 Å². The van der Waals surface area contributed by atoms with E-state index in [1.807, 2.05) is 6.07 Å². The maximum absolute atomic E-state index is 5.92. The summed E-state index contributed by atoms with van der Waals surface area (Å²) in [6, 6.07) is 3.78. The summed E-state index contributed by atoms with van der Waals surface area (Å²) in [4.78, 5) is 5.14. The fourth-order valence-corrected chi connectivity index (χ4v) is 2.58. The predicted molar refractivity (Wildman–Crippen MR) is 52.3 cm³/mol. The fourth-order valence-electron chi connectivity index (χ4n) is 0.879. The van der Waals surface area contributed by atoms with E-state index in [4.69, 9.17) is 11.6 Å². The van der Waals surface area contributed by atoms with E-state index >= 15 is 0 Å². The Balaban J connectivity index is 2.90. The largest absolute Gasteiger partial charge is 0.245 e. The lowest BCUT2D eigenvalue weighted by Crippen LogP contribution is -1.69. The number of hydrogen-bond acceptors (Lipinski definition) is 2. The zero-order valence-corrected chi connectivity index (χ0v) is 8.50. The second-order valence-electron chi connectivity index (χ2n) is 2.06. The monoisotopic (exact) mass is 247 g/mol. The molecule has 0 radical (unpaired) electrons. The number of pyridine rings is 1. The number of fused-ring (bicyclic) bond motifs is 1. The third-order valence-electron chi connectivity index (χ3n) is 1.35. The lowest BCUT2D eigenvalue weighted by Gasteiger charge is -1.88. The zero-order valence-electron chi connectivity index (χ0n) is 5.34. The van der Waals surface area contributed by atoms with E-state index in [9.17, 15) is 0 Å². The van der Waals surface area contributed by atoms with Gasteiger partial charge in [-0.3, -0.25) is 0 Å². The molecule has 0 saturated heterocycles. The molecular weight excluding hydrogens is 246 g/mol. The van der Waals surface area contributed by atoms with Gasteiger partial charge in [0.1, 0.15) is 4.83 Å². The molecule has 0 unspecified atom stereocenters. The van der Waals surface area contributed by atoms with Crippen molar-refractivity contribution in [2.24, 2.45) is 0 Å². The maximum atomic E-state index is 5.92. The van der Waals surface area contributed by atoms with E-state index in [1.54, 1.807) is 23.6 Å². The van der Waals surface area contributed by atoms with Crippen LogP contribution in [0.25, 0.3) is 10.2 Å². The molecule has 0 saturated carbocycles. The molecule has 0 aliphatic heterocycles. The van der Waals surface area contributed by atoms with E-state index < -0.39 is 0 Å². The standard InChI is InChI=1S/C7H3BrClNS/c8-6-3-4-5(9)1-2-10-7(4)11-6/h1-3H. The number of thiophene rings is 1. The van der Waals surface area contributed by atoms with Gasteiger partial charge in [-0.05, 0) is 28.1 Å². The highest BCUT2D eigenvalue weighted by Crippen LogP contribution is 2.32. The number of nitrogens with zero attached hydrogens (tertiary/aromatic N) is 1. The highest BCUT2D eigenvalue weighted by atomic mass is 79.9. The Morgan fingerprint density at radius 3 is 3.09 bits per heavy atom. The Bertz CT molecular complexity index is 398. The minimum atomic E-state index is 0.761. The molecule has 1 nitrogen and oxygen atoms in total. The molecule has 2 aromatic rings. The Morgan fingerprint density at radius 1 is 1.55 bits per heavy atom. The van der Waals surface area contributed by atoms with E-state index in [0.29, 0.717) is 0 Å². The fraction of sp³-hybridized carbons (Fsp3) is 0. The van der Waals surface area contributed by atoms with E-state index in [1.165, 1.54) is 0 Å². The van der Waals surface area contributed by atoms with Gasteiger partial charge in [-0.1, -0.05) is 11.6 Å². The molecule has 2 aromatic heterocycles. The third-order valence-corrected chi connectivity index (χ3v) is 3.23. The van der Waals surface area contributed by atoms with E-state index in [-0.39, 0.29) is 0 Å². The lowest BCUT2D eigenvalue weighted by atomic mass is 10.3. The zero-order chi connectivity index (χ0) is 7.84. The van der Waals surface area contributed by atoms with Crippen LogP contribution in [0.4, 0.5) is 0 Å². The highest BCUT2D eigenvalue weighted by Gasteiger charge is 2.02. The quantitative estimate of drug-likeness (QED) is 0.692. The first-order valence-electron chi connectivity index (χ1n) is 2.97. The Morgan fingerprint density at radius 2 is 2.36 bits per heavy atom. The van der Waals surface area contributed by atoms with Crippen molar-refractivity contribution in [3.05, 3.63) is 27.1 Å². The number of rotatable bonds is 0. The maximum Gasteiger partial charge on any atom is 0.125 e. The van der Waals surface area contributed by atoms with Crippen LogP contribution in [-0.4, -0.2) is 4.98 Å². The van der Waals surface area contributed by atoms with Gasteiger partial charge in [-0.2, -0.15) is 0 Å². The summed E-state index contributed by atoms with van der Waals surface area (Å²) in [5.74, 6) is 0. The molecule has 0 aromatic carbocycles. The predicted octanol–water partition coefficient (Wildman–Crippen LogP) is 3.71. The van der Waals surface area contributed by atoms with Crippen LogP contribution < -0.4 is 0 Å². The van der Waals surface area contributed by atoms with Crippen molar-refractivity contribution in [1.82, 2.24) is 4.98 Å². The Kier molecular flexibility index (Phi) is 1.87. The van der Waals surface area contributed by atoms with Gasteiger partial charge in [-0.15, -0.1) is 11.3 Å². The first kappa shape index (κ1) is 7.53. The second kappa shape index (κ2) is 2.73. The second-order valence-corrected chi connectivity index (χ2v) is 4.88. The molecule has 11 heavy (non-hydrogen) atoms. The van der Waals surface area contributed by atoms with Crippen LogP contribution in [-0.2, 0) is 0 Å². The number of hydrogen-bond donors (Lipinski definition) is 0. The SMILES string of the molecule is Clc1ccnc2sc(Br)cc12. The van der Waals surface area contributed by atoms with Crippen molar-refractivity contribution in [3.63, 3.8) is 0 Å². The summed E-state index contributed by atoms with van der Waals surface area (Å²) in [6.07, 6.45) is 1.72. The molecule has 4 heteroatoms. The van der Waals surface area contributed by atoms with Gasteiger partial charge in [-0.25, -0.2) is 4.98 Å². The Labute approximate surface area is 81.1 Å². The van der Waals surface area contributed by atoms with Crippen molar-refractivity contribution in [2.75, 3.05) is 0 Å². The molecule has 0 spiro atoms. The molecule has 0 aliphatic rings. The molecule has 0 N–H and O–H groups in total. The smallest absolute Gasteiger partial charge is 0.125 e. The molecule has 0 amide bonds. The van der Waals surface area contributed by atoms with Gasteiger partial charge in [0.25, 0.3) is 0 Å². The van der Waals surface area contributed by atoms with Gasteiger partial charge >= 0.3 is 0 Å². The average molecular weight is 249 g/mol.